The van der Waals surface area contributed by atoms with E-state index in [0.717, 1.165) is 0 Å². The van der Waals surface area contributed by atoms with Crippen LogP contribution in [0.4, 0.5) is 0 Å². The molecule has 0 aromatic heterocycles. The van der Waals surface area contributed by atoms with Gasteiger partial charge in [-0.2, -0.15) is 5.26 Å². The lowest BCUT2D eigenvalue weighted by atomic mass is 10.2. The fourth-order valence-corrected chi connectivity index (χ4v) is 0.656. The molecule has 4 heteroatoms. The van der Waals surface area contributed by atoms with E-state index in [1.165, 1.54) is 0 Å². The number of amides is 1. The van der Waals surface area contributed by atoms with Crippen molar-refractivity contribution in [3.63, 3.8) is 0 Å². The smallest absolute Gasteiger partial charge is 0.234 e. The molecule has 1 unspecified atom stereocenters. The number of rotatable bonds is 4. The highest BCUT2D eigenvalue weighted by molar-refractivity contribution is 5.77. The van der Waals surface area contributed by atoms with Gasteiger partial charge in [-0.15, -0.1) is 0 Å². The summed E-state index contributed by atoms with van der Waals surface area (Å²) in [4.78, 5) is 12.8. The van der Waals surface area contributed by atoms with Crippen molar-refractivity contribution >= 4 is 5.91 Å². The summed E-state index contributed by atoms with van der Waals surface area (Å²) in [5, 5.41) is 11.1. The van der Waals surface area contributed by atoms with E-state index >= 15 is 0 Å². The van der Waals surface area contributed by atoms with Crippen molar-refractivity contribution in [1.82, 2.24) is 10.2 Å². The summed E-state index contributed by atoms with van der Waals surface area (Å²) in [7, 11) is 3.65. The molecule has 0 rings (SSSR count). The first-order valence-electron chi connectivity index (χ1n) is 3.87. The van der Waals surface area contributed by atoms with E-state index < -0.39 is 0 Å². The standard InChI is InChI=1S/C8H15N3O/c1-7(4-9)5-10-8(12)6-11(2)3/h7H,5-6H2,1-3H3,(H,10,12). The van der Waals surface area contributed by atoms with Crippen molar-refractivity contribution in [2.75, 3.05) is 27.2 Å². The third kappa shape index (κ3) is 5.69. The van der Waals surface area contributed by atoms with Crippen LogP contribution >= 0.6 is 0 Å². The van der Waals surface area contributed by atoms with Gasteiger partial charge in [0.1, 0.15) is 0 Å². The molecule has 0 heterocycles. The molecule has 0 bridgehead atoms. The van der Waals surface area contributed by atoms with Gasteiger partial charge in [0.15, 0.2) is 0 Å². The maximum atomic E-state index is 11.0. The molecule has 12 heavy (non-hydrogen) atoms. The second-order valence-electron chi connectivity index (χ2n) is 3.07. The van der Waals surface area contributed by atoms with E-state index in [9.17, 15) is 4.79 Å². The summed E-state index contributed by atoms with van der Waals surface area (Å²) >= 11 is 0. The molecule has 0 spiro atoms. The van der Waals surface area contributed by atoms with Gasteiger partial charge in [-0.1, -0.05) is 0 Å². The van der Waals surface area contributed by atoms with Crippen LogP contribution < -0.4 is 5.32 Å². The number of likely N-dealkylation sites (N-methyl/N-ethyl adjacent to an activating group) is 1. The van der Waals surface area contributed by atoms with Crippen molar-refractivity contribution in [2.45, 2.75) is 6.92 Å². The third-order valence-corrected chi connectivity index (χ3v) is 1.29. The van der Waals surface area contributed by atoms with Crippen LogP contribution in [0.1, 0.15) is 6.92 Å². The molecule has 0 aromatic rings. The first kappa shape index (κ1) is 10.9. The lowest BCUT2D eigenvalue weighted by Crippen LogP contribution is -2.35. The fourth-order valence-electron chi connectivity index (χ4n) is 0.656. The van der Waals surface area contributed by atoms with Gasteiger partial charge in [0.25, 0.3) is 0 Å². The molecule has 1 amide bonds. The van der Waals surface area contributed by atoms with Crippen molar-refractivity contribution in [1.29, 1.82) is 5.26 Å². The van der Waals surface area contributed by atoms with Crippen LogP contribution in [0.3, 0.4) is 0 Å². The molecular weight excluding hydrogens is 154 g/mol. The predicted octanol–water partition coefficient (Wildman–Crippen LogP) is -0.176. The molecular formula is C8H15N3O. The highest BCUT2D eigenvalue weighted by Gasteiger charge is 2.04. The molecule has 0 aliphatic rings. The molecule has 1 atom stereocenters. The van der Waals surface area contributed by atoms with Crippen LogP contribution in [0.25, 0.3) is 0 Å². The van der Waals surface area contributed by atoms with Crippen LogP contribution in [0.2, 0.25) is 0 Å². The van der Waals surface area contributed by atoms with Gasteiger partial charge >= 0.3 is 0 Å². The van der Waals surface area contributed by atoms with Crippen molar-refractivity contribution in [3.8, 4) is 6.07 Å². The molecule has 0 aromatic carbocycles. The molecule has 0 aliphatic heterocycles. The zero-order valence-electron chi connectivity index (χ0n) is 7.79. The van der Waals surface area contributed by atoms with Crippen LogP contribution in [0, 0.1) is 17.2 Å². The second-order valence-corrected chi connectivity index (χ2v) is 3.07. The van der Waals surface area contributed by atoms with Gasteiger partial charge in [0.2, 0.25) is 5.91 Å². The van der Waals surface area contributed by atoms with Gasteiger partial charge in [-0.25, -0.2) is 0 Å². The molecule has 1 N–H and O–H groups in total. The van der Waals surface area contributed by atoms with Crippen molar-refractivity contribution in [2.24, 2.45) is 5.92 Å². The van der Waals surface area contributed by atoms with E-state index in [4.69, 9.17) is 5.26 Å². The number of nitrogens with zero attached hydrogens (tertiary/aromatic N) is 2. The summed E-state index contributed by atoms with van der Waals surface area (Å²) in [5.41, 5.74) is 0. The topological polar surface area (TPSA) is 56.1 Å². The SMILES string of the molecule is CC(C#N)CNC(=O)CN(C)C. The summed E-state index contributed by atoms with van der Waals surface area (Å²) in [6, 6.07) is 2.05. The Morgan fingerprint density at radius 2 is 2.25 bits per heavy atom. The largest absolute Gasteiger partial charge is 0.354 e. The Kier molecular flexibility index (Phi) is 5.06. The molecule has 68 valence electrons. The Hall–Kier alpha value is -1.08. The van der Waals surface area contributed by atoms with E-state index in [2.05, 4.69) is 5.32 Å². The summed E-state index contributed by atoms with van der Waals surface area (Å²) < 4.78 is 0. The zero-order chi connectivity index (χ0) is 9.56. The lowest BCUT2D eigenvalue weighted by Gasteiger charge is -2.10. The Morgan fingerprint density at radius 3 is 2.67 bits per heavy atom. The monoisotopic (exact) mass is 169 g/mol. The third-order valence-electron chi connectivity index (χ3n) is 1.29. The molecule has 0 saturated carbocycles. The normalized spacial score (nSPS) is 12.2. The molecule has 0 radical (unpaired) electrons. The quantitative estimate of drug-likeness (QED) is 0.635. The Labute approximate surface area is 73.2 Å². The van der Waals surface area contributed by atoms with Gasteiger partial charge in [-0.05, 0) is 21.0 Å². The Morgan fingerprint density at radius 1 is 1.67 bits per heavy atom. The number of carbonyl (C=O) groups is 1. The minimum atomic E-state index is -0.115. The first-order chi connectivity index (χ1) is 5.56. The number of nitriles is 1. The maximum absolute atomic E-state index is 11.0. The molecule has 0 fully saturated rings. The fraction of sp³-hybridized carbons (Fsp3) is 0.750. The average molecular weight is 169 g/mol. The molecule has 4 nitrogen and oxygen atoms in total. The van der Waals surface area contributed by atoms with E-state index in [1.807, 2.05) is 20.2 Å². The predicted molar refractivity (Wildman–Crippen MR) is 46.3 cm³/mol. The lowest BCUT2D eigenvalue weighted by molar-refractivity contribution is -0.121. The van der Waals surface area contributed by atoms with Gasteiger partial charge < -0.3 is 10.2 Å². The molecule has 0 saturated heterocycles. The summed E-state index contributed by atoms with van der Waals surface area (Å²) in [6.07, 6.45) is 0. The molecule has 0 aliphatic carbocycles. The zero-order valence-corrected chi connectivity index (χ0v) is 7.79. The van der Waals surface area contributed by atoms with Gasteiger partial charge in [0, 0.05) is 6.54 Å². The van der Waals surface area contributed by atoms with Crippen LogP contribution in [0.15, 0.2) is 0 Å². The highest BCUT2D eigenvalue weighted by atomic mass is 16.1. The minimum absolute atomic E-state index is 0.0397. The number of nitrogens with one attached hydrogen (secondary N) is 1. The average Bonchev–Trinajstić information content (AvgIpc) is 1.99. The highest BCUT2D eigenvalue weighted by Crippen LogP contribution is 1.87. The minimum Gasteiger partial charge on any atom is -0.354 e. The van der Waals surface area contributed by atoms with Gasteiger partial charge in [0.05, 0.1) is 18.5 Å². The van der Waals surface area contributed by atoms with Crippen LogP contribution in [-0.2, 0) is 4.79 Å². The number of hydrogen-bond donors (Lipinski definition) is 1. The van der Waals surface area contributed by atoms with E-state index in [1.54, 1.807) is 11.8 Å². The Bertz CT molecular complexity index is 183. The maximum Gasteiger partial charge on any atom is 0.234 e. The van der Waals surface area contributed by atoms with E-state index in [0.29, 0.717) is 13.1 Å². The number of hydrogen-bond acceptors (Lipinski definition) is 3. The van der Waals surface area contributed by atoms with Crippen molar-refractivity contribution in [3.05, 3.63) is 0 Å². The van der Waals surface area contributed by atoms with Crippen molar-refractivity contribution < 1.29 is 4.79 Å². The van der Waals surface area contributed by atoms with Crippen LogP contribution in [-0.4, -0.2) is 38.0 Å². The van der Waals surface area contributed by atoms with Crippen LogP contribution in [0.5, 0.6) is 0 Å². The van der Waals surface area contributed by atoms with Gasteiger partial charge in [-0.3, -0.25) is 4.79 Å². The number of carbonyl (C=O) groups excluding carboxylic acids is 1. The summed E-state index contributed by atoms with van der Waals surface area (Å²) in [6.45, 7) is 2.58. The van der Waals surface area contributed by atoms with E-state index in [-0.39, 0.29) is 11.8 Å². The second kappa shape index (κ2) is 5.56. The summed E-state index contributed by atoms with van der Waals surface area (Å²) in [5.74, 6) is -0.154. The first-order valence-corrected chi connectivity index (χ1v) is 3.87. The Balaban J connectivity index is 3.52.